The molecular weight excluding hydrogens is 360 g/mol. The Morgan fingerprint density at radius 1 is 1.33 bits per heavy atom. The number of rotatable bonds is 6. The van der Waals surface area contributed by atoms with Crippen molar-refractivity contribution in [2.45, 2.75) is 32.4 Å². The van der Waals surface area contributed by atoms with Crippen molar-refractivity contribution in [3.8, 4) is 0 Å². The lowest BCUT2D eigenvalue weighted by Crippen LogP contribution is -2.49. The molecule has 1 saturated heterocycles. The van der Waals surface area contributed by atoms with Gasteiger partial charge in [-0.2, -0.15) is 0 Å². The summed E-state index contributed by atoms with van der Waals surface area (Å²) in [6.07, 6.45) is 4.70. The van der Waals surface area contributed by atoms with Crippen molar-refractivity contribution in [3.63, 3.8) is 0 Å². The van der Waals surface area contributed by atoms with E-state index in [9.17, 15) is 4.79 Å². The van der Waals surface area contributed by atoms with Crippen molar-refractivity contribution < 1.29 is 4.79 Å². The fraction of sp³-hybridized carbons (Fsp3) is 0.429. The largest absolute Gasteiger partial charge is 0.348 e. The Hall–Kier alpha value is -1.95. The third-order valence-corrected chi connectivity index (χ3v) is 5.04. The van der Waals surface area contributed by atoms with Crippen LogP contribution in [-0.4, -0.2) is 42.0 Å². The second-order valence-electron chi connectivity index (χ2n) is 6.86. The normalized spacial score (nSPS) is 18.4. The highest BCUT2D eigenvalue weighted by Crippen LogP contribution is 2.21. The maximum atomic E-state index is 12.6. The van der Waals surface area contributed by atoms with Crippen LogP contribution in [0.3, 0.4) is 0 Å². The van der Waals surface area contributed by atoms with Gasteiger partial charge in [-0.1, -0.05) is 37.3 Å². The van der Waals surface area contributed by atoms with Gasteiger partial charge in [0.15, 0.2) is 0 Å². The Balaban J connectivity index is 0.00000261. The number of hydrogen-bond acceptors (Lipinski definition) is 4. The van der Waals surface area contributed by atoms with Crippen LogP contribution in [-0.2, 0) is 11.2 Å². The number of aromatic nitrogens is 1. The predicted octanol–water partition coefficient (Wildman–Crippen LogP) is 2.89. The van der Waals surface area contributed by atoms with Gasteiger partial charge < -0.3 is 10.6 Å². The zero-order valence-corrected chi connectivity index (χ0v) is 16.8. The van der Waals surface area contributed by atoms with Crippen molar-refractivity contribution >= 4 is 18.3 Å². The first kappa shape index (κ1) is 21.4. The fourth-order valence-corrected chi connectivity index (χ4v) is 3.43. The molecule has 1 aliphatic heterocycles. The number of piperazine rings is 1. The van der Waals surface area contributed by atoms with Gasteiger partial charge in [0.05, 0.1) is 12.6 Å². The standard InChI is InChI=1S/C21H28N4O.ClH/c1-3-17-6-8-18(9-7-17)16(2)24-21(26)15-25-12-11-23-14-20(25)19-5-4-10-22-13-19;/h4-10,13,16,20,23H,3,11-12,14-15H2,1-2H3,(H,24,26);1H. The maximum absolute atomic E-state index is 12.6. The molecule has 3 rings (SSSR count). The first-order valence-corrected chi connectivity index (χ1v) is 9.40. The van der Waals surface area contributed by atoms with Crippen LogP contribution in [0.5, 0.6) is 0 Å². The molecule has 146 valence electrons. The van der Waals surface area contributed by atoms with Gasteiger partial charge in [-0.15, -0.1) is 12.4 Å². The summed E-state index contributed by atoms with van der Waals surface area (Å²) < 4.78 is 0. The SMILES string of the molecule is CCc1ccc(C(C)NC(=O)CN2CCNCC2c2cccnc2)cc1.Cl. The lowest BCUT2D eigenvalue weighted by molar-refractivity contribution is -0.123. The third-order valence-electron chi connectivity index (χ3n) is 5.04. The number of carbonyl (C=O) groups excluding carboxylic acids is 1. The Morgan fingerprint density at radius 3 is 2.78 bits per heavy atom. The van der Waals surface area contributed by atoms with Crippen LogP contribution in [0.25, 0.3) is 0 Å². The van der Waals surface area contributed by atoms with Crippen LogP contribution in [0.4, 0.5) is 0 Å². The number of halogens is 1. The minimum atomic E-state index is 0. The summed E-state index contributed by atoms with van der Waals surface area (Å²) in [6.45, 7) is 7.18. The first-order valence-electron chi connectivity index (χ1n) is 9.40. The van der Waals surface area contributed by atoms with Gasteiger partial charge in [-0.3, -0.25) is 14.7 Å². The molecular formula is C21H29ClN4O. The molecule has 2 N–H and O–H groups in total. The van der Waals surface area contributed by atoms with Crippen molar-refractivity contribution in [2.24, 2.45) is 0 Å². The van der Waals surface area contributed by atoms with E-state index in [0.717, 1.165) is 37.2 Å². The zero-order valence-electron chi connectivity index (χ0n) is 16.0. The summed E-state index contributed by atoms with van der Waals surface area (Å²) in [4.78, 5) is 19.1. The van der Waals surface area contributed by atoms with Crippen LogP contribution in [0, 0.1) is 0 Å². The molecule has 1 aromatic carbocycles. The van der Waals surface area contributed by atoms with Gasteiger partial charge in [-0.05, 0) is 36.1 Å². The number of aryl methyl sites for hydroxylation is 1. The van der Waals surface area contributed by atoms with Crippen LogP contribution in [0.1, 0.15) is 42.6 Å². The molecule has 1 aromatic heterocycles. The lowest BCUT2D eigenvalue weighted by atomic mass is 10.0. The summed E-state index contributed by atoms with van der Waals surface area (Å²) >= 11 is 0. The van der Waals surface area contributed by atoms with Gasteiger partial charge in [0, 0.05) is 38.1 Å². The summed E-state index contributed by atoms with van der Waals surface area (Å²) in [5.74, 6) is 0.0628. The van der Waals surface area contributed by atoms with E-state index in [1.807, 2.05) is 19.2 Å². The van der Waals surface area contributed by atoms with Crippen molar-refractivity contribution in [2.75, 3.05) is 26.2 Å². The topological polar surface area (TPSA) is 57.3 Å². The van der Waals surface area contributed by atoms with Crippen LogP contribution in [0.2, 0.25) is 0 Å². The van der Waals surface area contributed by atoms with E-state index >= 15 is 0 Å². The van der Waals surface area contributed by atoms with Gasteiger partial charge >= 0.3 is 0 Å². The quantitative estimate of drug-likeness (QED) is 0.798. The number of amides is 1. The Kier molecular flexibility index (Phi) is 8.23. The number of benzene rings is 1. The van der Waals surface area contributed by atoms with Gasteiger partial charge in [0.1, 0.15) is 0 Å². The molecule has 5 nitrogen and oxygen atoms in total. The van der Waals surface area contributed by atoms with Gasteiger partial charge in [-0.25, -0.2) is 0 Å². The minimum absolute atomic E-state index is 0. The second-order valence-corrected chi connectivity index (χ2v) is 6.86. The highest BCUT2D eigenvalue weighted by atomic mass is 35.5. The number of nitrogens with zero attached hydrogens (tertiary/aromatic N) is 2. The monoisotopic (exact) mass is 388 g/mol. The molecule has 2 atom stereocenters. The van der Waals surface area contributed by atoms with Gasteiger partial charge in [0.25, 0.3) is 0 Å². The van der Waals surface area contributed by atoms with Gasteiger partial charge in [0.2, 0.25) is 5.91 Å². The van der Waals surface area contributed by atoms with E-state index in [1.54, 1.807) is 6.20 Å². The molecule has 1 amide bonds. The van der Waals surface area contributed by atoms with Crippen molar-refractivity contribution in [1.29, 1.82) is 0 Å². The van der Waals surface area contributed by atoms with Crippen LogP contribution >= 0.6 is 12.4 Å². The summed E-state index contributed by atoms with van der Waals surface area (Å²) in [5, 5.41) is 6.55. The molecule has 1 aliphatic rings. The number of nitrogens with one attached hydrogen (secondary N) is 2. The van der Waals surface area contributed by atoms with E-state index in [1.165, 1.54) is 5.56 Å². The third kappa shape index (κ3) is 5.76. The van der Waals surface area contributed by atoms with E-state index in [0.29, 0.717) is 6.54 Å². The number of carbonyl (C=O) groups is 1. The van der Waals surface area contributed by atoms with E-state index in [-0.39, 0.29) is 30.4 Å². The summed E-state index contributed by atoms with van der Waals surface area (Å²) in [5.41, 5.74) is 3.60. The highest BCUT2D eigenvalue weighted by Gasteiger charge is 2.26. The molecule has 6 heteroatoms. The summed E-state index contributed by atoms with van der Waals surface area (Å²) in [6, 6.07) is 12.7. The molecule has 0 aliphatic carbocycles. The fourth-order valence-electron chi connectivity index (χ4n) is 3.43. The molecule has 0 bridgehead atoms. The second kappa shape index (κ2) is 10.4. The Bertz CT molecular complexity index is 708. The van der Waals surface area contributed by atoms with Crippen molar-refractivity contribution in [3.05, 3.63) is 65.5 Å². The number of pyridine rings is 1. The molecule has 2 aromatic rings. The Labute approximate surface area is 168 Å². The van der Waals surface area contributed by atoms with Crippen LogP contribution < -0.4 is 10.6 Å². The average Bonchev–Trinajstić information content (AvgIpc) is 2.69. The smallest absolute Gasteiger partial charge is 0.234 e. The minimum Gasteiger partial charge on any atom is -0.348 e. The molecule has 27 heavy (non-hydrogen) atoms. The molecule has 0 saturated carbocycles. The van der Waals surface area contributed by atoms with Crippen LogP contribution in [0.15, 0.2) is 48.8 Å². The van der Waals surface area contributed by atoms with E-state index in [2.05, 4.69) is 57.8 Å². The molecule has 0 radical (unpaired) electrons. The van der Waals surface area contributed by atoms with Crippen molar-refractivity contribution in [1.82, 2.24) is 20.5 Å². The first-order chi connectivity index (χ1) is 12.7. The molecule has 2 heterocycles. The van der Waals surface area contributed by atoms with E-state index < -0.39 is 0 Å². The molecule has 0 spiro atoms. The maximum Gasteiger partial charge on any atom is 0.234 e. The Morgan fingerprint density at radius 2 is 2.11 bits per heavy atom. The molecule has 2 unspecified atom stereocenters. The predicted molar refractivity (Wildman–Crippen MR) is 111 cm³/mol. The lowest BCUT2D eigenvalue weighted by Gasteiger charge is -2.36. The molecule has 1 fully saturated rings. The number of hydrogen-bond donors (Lipinski definition) is 2. The average molecular weight is 389 g/mol. The highest BCUT2D eigenvalue weighted by molar-refractivity contribution is 5.85. The van der Waals surface area contributed by atoms with E-state index in [4.69, 9.17) is 0 Å². The summed E-state index contributed by atoms with van der Waals surface area (Å²) in [7, 11) is 0. The zero-order chi connectivity index (χ0) is 18.4.